The van der Waals surface area contributed by atoms with Gasteiger partial charge in [0.15, 0.2) is 0 Å². The minimum atomic E-state index is 0.509. The summed E-state index contributed by atoms with van der Waals surface area (Å²) < 4.78 is 8.64. The Hall–Kier alpha value is -0.550. The summed E-state index contributed by atoms with van der Waals surface area (Å²) in [6.07, 6.45) is 4.19. The monoisotopic (exact) mass is 271 g/mol. The number of nitrogens with zero attached hydrogens (tertiary/aromatic N) is 2. The van der Waals surface area contributed by atoms with Gasteiger partial charge in [0.1, 0.15) is 5.82 Å². The summed E-state index contributed by atoms with van der Waals surface area (Å²) in [6, 6.07) is 0.509. The molecule has 0 spiro atoms. The Morgan fingerprint density at radius 2 is 2.47 bits per heavy atom. The van der Waals surface area contributed by atoms with Gasteiger partial charge >= 0.3 is 0 Å². The van der Waals surface area contributed by atoms with Gasteiger partial charge < -0.3 is 10.1 Å². The van der Waals surface area contributed by atoms with Gasteiger partial charge in [0.25, 0.3) is 0 Å². The molecule has 0 bridgehead atoms. The summed E-state index contributed by atoms with van der Waals surface area (Å²) in [4.78, 5) is 0. The SMILES string of the molecule is Brc1cnn2c1NCCC2C1CCOC1. The quantitative estimate of drug-likeness (QED) is 0.850. The minimum Gasteiger partial charge on any atom is -0.381 e. The number of rotatable bonds is 1. The third-order valence-corrected chi connectivity index (χ3v) is 3.89. The number of hydrogen-bond donors (Lipinski definition) is 1. The van der Waals surface area contributed by atoms with Crippen LogP contribution in [0, 0.1) is 5.92 Å². The molecular weight excluding hydrogens is 258 g/mol. The maximum Gasteiger partial charge on any atom is 0.139 e. The lowest BCUT2D eigenvalue weighted by Crippen LogP contribution is -2.29. The number of aromatic nitrogens is 2. The largest absolute Gasteiger partial charge is 0.381 e. The molecule has 1 N–H and O–H groups in total. The lowest BCUT2D eigenvalue weighted by atomic mass is 9.95. The predicted molar refractivity (Wildman–Crippen MR) is 61.0 cm³/mol. The molecule has 0 radical (unpaired) electrons. The van der Waals surface area contributed by atoms with Crippen molar-refractivity contribution >= 4 is 21.7 Å². The molecule has 2 aliphatic rings. The molecular formula is C10H14BrN3O. The number of hydrogen-bond acceptors (Lipinski definition) is 3. The summed E-state index contributed by atoms with van der Waals surface area (Å²) in [5.74, 6) is 1.76. The van der Waals surface area contributed by atoms with Gasteiger partial charge in [-0.2, -0.15) is 5.10 Å². The molecule has 0 saturated carbocycles. The summed E-state index contributed by atoms with van der Waals surface area (Å²) >= 11 is 3.51. The summed E-state index contributed by atoms with van der Waals surface area (Å²) in [5, 5.41) is 7.81. The second-order valence-corrected chi connectivity index (χ2v) is 5.05. The van der Waals surface area contributed by atoms with Crippen LogP contribution in [0.1, 0.15) is 18.9 Å². The van der Waals surface area contributed by atoms with Gasteiger partial charge in [0, 0.05) is 19.1 Å². The van der Waals surface area contributed by atoms with Gasteiger partial charge in [-0.25, -0.2) is 4.68 Å². The van der Waals surface area contributed by atoms with Crippen LogP contribution >= 0.6 is 15.9 Å². The normalized spacial score (nSPS) is 29.9. The van der Waals surface area contributed by atoms with Crippen LogP contribution in [-0.2, 0) is 4.74 Å². The van der Waals surface area contributed by atoms with Gasteiger partial charge in [0.05, 0.1) is 23.3 Å². The van der Waals surface area contributed by atoms with Crippen LogP contribution in [-0.4, -0.2) is 29.5 Å². The highest BCUT2D eigenvalue weighted by Crippen LogP contribution is 2.36. The van der Waals surface area contributed by atoms with Gasteiger partial charge in [0.2, 0.25) is 0 Å². The number of nitrogens with one attached hydrogen (secondary N) is 1. The van der Waals surface area contributed by atoms with E-state index in [1.807, 2.05) is 6.20 Å². The third-order valence-electron chi connectivity index (χ3n) is 3.31. The average molecular weight is 272 g/mol. The molecule has 1 aromatic rings. The highest BCUT2D eigenvalue weighted by Gasteiger charge is 2.31. The summed E-state index contributed by atoms with van der Waals surface area (Å²) in [5.41, 5.74) is 0. The van der Waals surface area contributed by atoms with Crippen LogP contribution in [0.4, 0.5) is 5.82 Å². The smallest absolute Gasteiger partial charge is 0.139 e. The fraction of sp³-hybridized carbons (Fsp3) is 0.700. The van der Waals surface area contributed by atoms with E-state index in [0.29, 0.717) is 12.0 Å². The van der Waals surface area contributed by atoms with Crippen LogP contribution in [0.15, 0.2) is 10.7 Å². The Labute approximate surface area is 97.1 Å². The van der Waals surface area contributed by atoms with Crippen LogP contribution in [0.25, 0.3) is 0 Å². The van der Waals surface area contributed by atoms with E-state index in [-0.39, 0.29) is 0 Å². The summed E-state index contributed by atoms with van der Waals surface area (Å²) in [6.45, 7) is 2.83. The number of ether oxygens (including phenoxy) is 1. The molecule has 3 rings (SSSR count). The first-order valence-corrected chi connectivity index (χ1v) is 6.20. The summed E-state index contributed by atoms with van der Waals surface area (Å²) in [7, 11) is 0. The zero-order valence-corrected chi connectivity index (χ0v) is 10.0. The zero-order valence-electron chi connectivity index (χ0n) is 8.45. The lowest BCUT2D eigenvalue weighted by molar-refractivity contribution is 0.167. The second-order valence-electron chi connectivity index (χ2n) is 4.19. The Bertz CT molecular complexity index is 360. The van der Waals surface area contributed by atoms with Gasteiger partial charge in [-0.05, 0) is 28.8 Å². The molecule has 5 heteroatoms. The lowest BCUT2D eigenvalue weighted by Gasteiger charge is -2.29. The van der Waals surface area contributed by atoms with E-state index in [4.69, 9.17) is 4.74 Å². The molecule has 0 amide bonds. The van der Waals surface area contributed by atoms with E-state index in [1.54, 1.807) is 0 Å². The zero-order chi connectivity index (χ0) is 10.3. The third kappa shape index (κ3) is 1.58. The fourth-order valence-corrected chi connectivity index (χ4v) is 2.92. The number of anilines is 1. The molecule has 4 nitrogen and oxygen atoms in total. The van der Waals surface area contributed by atoms with Crippen molar-refractivity contribution in [1.82, 2.24) is 9.78 Å². The molecule has 82 valence electrons. The Morgan fingerprint density at radius 3 is 3.27 bits per heavy atom. The first kappa shape index (κ1) is 9.66. The van der Waals surface area contributed by atoms with Crippen molar-refractivity contribution in [3.8, 4) is 0 Å². The van der Waals surface area contributed by atoms with Crippen LogP contribution < -0.4 is 5.32 Å². The molecule has 15 heavy (non-hydrogen) atoms. The molecule has 2 unspecified atom stereocenters. The molecule has 0 aromatic carbocycles. The van der Waals surface area contributed by atoms with E-state index in [9.17, 15) is 0 Å². The Kier molecular flexibility index (Phi) is 2.44. The van der Waals surface area contributed by atoms with Crippen LogP contribution in [0.2, 0.25) is 0 Å². The first-order valence-electron chi connectivity index (χ1n) is 5.41. The second kappa shape index (κ2) is 3.79. The predicted octanol–water partition coefficient (Wildman–Crippen LogP) is 2.04. The van der Waals surface area contributed by atoms with Gasteiger partial charge in [-0.15, -0.1) is 0 Å². The molecule has 2 atom stereocenters. The van der Waals surface area contributed by atoms with Gasteiger partial charge in [-0.3, -0.25) is 0 Å². The Morgan fingerprint density at radius 1 is 1.53 bits per heavy atom. The topological polar surface area (TPSA) is 39.1 Å². The van der Waals surface area contributed by atoms with Crippen LogP contribution in [0.3, 0.4) is 0 Å². The van der Waals surface area contributed by atoms with E-state index < -0.39 is 0 Å². The first-order chi connectivity index (χ1) is 7.36. The van der Waals surface area contributed by atoms with E-state index in [1.165, 1.54) is 6.42 Å². The van der Waals surface area contributed by atoms with Crippen molar-refractivity contribution < 1.29 is 4.74 Å². The Balaban J connectivity index is 1.91. The van der Waals surface area contributed by atoms with Crippen molar-refractivity contribution in [2.75, 3.05) is 25.1 Å². The fourth-order valence-electron chi connectivity index (χ4n) is 2.51. The van der Waals surface area contributed by atoms with Crippen molar-refractivity contribution in [1.29, 1.82) is 0 Å². The molecule has 1 fully saturated rings. The molecule has 1 aromatic heterocycles. The number of fused-ring (bicyclic) bond motifs is 1. The maximum absolute atomic E-state index is 5.46. The molecule has 3 heterocycles. The van der Waals surface area contributed by atoms with E-state index in [0.717, 1.165) is 36.5 Å². The van der Waals surface area contributed by atoms with Crippen molar-refractivity contribution in [2.45, 2.75) is 18.9 Å². The van der Waals surface area contributed by atoms with Crippen LogP contribution in [0.5, 0.6) is 0 Å². The van der Waals surface area contributed by atoms with Gasteiger partial charge in [-0.1, -0.05) is 0 Å². The van der Waals surface area contributed by atoms with Crippen molar-refractivity contribution in [2.24, 2.45) is 5.92 Å². The van der Waals surface area contributed by atoms with E-state index in [2.05, 4.69) is 31.0 Å². The standard InChI is InChI=1S/C10H14BrN3O/c11-8-5-13-14-9(1-3-12-10(8)14)7-2-4-15-6-7/h5,7,9,12H,1-4,6H2. The number of halogens is 1. The van der Waals surface area contributed by atoms with Crippen molar-refractivity contribution in [3.05, 3.63) is 10.7 Å². The highest BCUT2D eigenvalue weighted by molar-refractivity contribution is 9.10. The average Bonchev–Trinajstić information content (AvgIpc) is 2.88. The van der Waals surface area contributed by atoms with E-state index >= 15 is 0 Å². The molecule has 1 saturated heterocycles. The van der Waals surface area contributed by atoms with Crippen molar-refractivity contribution in [3.63, 3.8) is 0 Å². The molecule has 2 aliphatic heterocycles. The molecule has 0 aliphatic carbocycles. The minimum absolute atomic E-state index is 0.509. The highest BCUT2D eigenvalue weighted by atomic mass is 79.9. The maximum atomic E-state index is 5.46.